The molecule has 0 spiro atoms. The summed E-state index contributed by atoms with van der Waals surface area (Å²) in [5.41, 5.74) is 0.337. The van der Waals surface area contributed by atoms with Crippen LogP contribution in [0.15, 0.2) is 18.2 Å². The first-order chi connectivity index (χ1) is 8.04. The standard InChI is InChI=1S/C11H12ClN2O3/c1-2-3-11(15)13-7-8-4-5-9(12)6-10(8)14(16)17/h4-6H,1-3,7H2,(H,13,15). The van der Waals surface area contributed by atoms with Crippen LogP contribution in [0.4, 0.5) is 5.69 Å². The van der Waals surface area contributed by atoms with Crippen LogP contribution in [0.5, 0.6) is 0 Å². The highest BCUT2D eigenvalue weighted by Gasteiger charge is 2.14. The second-order valence-corrected chi connectivity index (χ2v) is 3.85. The normalized spacial score (nSPS) is 10.0. The molecule has 1 aromatic carbocycles. The summed E-state index contributed by atoms with van der Waals surface area (Å²) in [7, 11) is 0. The fourth-order valence-electron chi connectivity index (χ4n) is 1.30. The first-order valence-corrected chi connectivity index (χ1v) is 5.41. The Morgan fingerprint density at radius 2 is 2.24 bits per heavy atom. The SMILES string of the molecule is [CH2]CCC(=O)NCc1ccc(Cl)cc1[N+](=O)[O-]. The van der Waals surface area contributed by atoms with Crippen LogP contribution in [0.1, 0.15) is 18.4 Å². The van der Waals surface area contributed by atoms with Crippen molar-refractivity contribution >= 4 is 23.2 Å². The molecule has 1 amide bonds. The molecular formula is C11H12ClN2O3. The molecule has 1 aromatic rings. The van der Waals surface area contributed by atoms with Crippen molar-refractivity contribution in [3.63, 3.8) is 0 Å². The number of rotatable bonds is 5. The van der Waals surface area contributed by atoms with Crippen LogP contribution in [0.2, 0.25) is 5.02 Å². The van der Waals surface area contributed by atoms with E-state index in [1.807, 2.05) is 0 Å². The van der Waals surface area contributed by atoms with Crippen molar-refractivity contribution < 1.29 is 9.72 Å². The third-order valence-electron chi connectivity index (χ3n) is 2.12. The maximum Gasteiger partial charge on any atom is 0.275 e. The Bertz CT molecular complexity index is 435. The molecule has 5 nitrogen and oxygen atoms in total. The van der Waals surface area contributed by atoms with Crippen LogP contribution in [0.3, 0.4) is 0 Å². The maximum atomic E-state index is 11.2. The Morgan fingerprint density at radius 3 is 2.82 bits per heavy atom. The second-order valence-electron chi connectivity index (χ2n) is 3.41. The van der Waals surface area contributed by atoms with Crippen molar-refractivity contribution in [1.82, 2.24) is 5.32 Å². The Labute approximate surface area is 104 Å². The Balaban J connectivity index is 2.77. The van der Waals surface area contributed by atoms with E-state index in [9.17, 15) is 14.9 Å². The molecule has 0 aliphatic rings. The van der Waals surface area contributed by atoms with Crippen molar-refractivity contribution in [2.24, 2.45) is 0 Å². The highest BCUT2D eigenvalue weighted by atomic mass is 35.5. The molecular weight excluding hydrogens is 244 g/mol. The number of nitro benzene ring substituents is 1. The minimum Gasteiger partial charge on any atom is -0.352 e. The predicted octanol–water partition coefficient (Wildman–Crippen LogP) is 2.48. The fraction of sp³-hybridized carbons (Fsp3) is 0.273. The number of hydrogen-bond donors (Lipinski definition) is 1. The second kappa shape index (κ2) is 6.20. The van der Waals surface area contributed by atoms with E-state index >= 15 is 0 Å². The first kappa shape index (κ1) is 13.4. The van der Waals surface area contributed by atoms with E-state index in [0.29, 0.717) is 23.4 Å². The van der Waals surface area contributed by atoms with Crippen LogP contribution >= 0.6 is 11.6 Å². The number of nitrogens with zero attached hydrogens (tertiary/aromatic N) is 1. The molecule has 1 radical (unpaired) electrons. The van der Waals surface area contributed by atoms with Crippen LogP contribution in [0.25, 0.3) is 0 Å². The lowest BCUT2D eigenvalue weighted by Gasteiger charge is -2.05. The van der Waals surface area contributed by atoms with E-state index in [0.717, 1.165) is 0 Å². The number of amides is 1. The van der Waals surface area contributed by atoms with Gasteiger partial charge in [0.05, 0.1) is 4.92 Å². The van der Waals surface area contributed by atoms with Gasteiger partial charge in [-0.05, 0) is 18.6 Å². The molecule has 91 valence electrons. The van der Waals surface area contributed by atoms with E-state index in [1.54, 1.807) is 6.07 Å². The van der Waals surface area contributed by atoms with Crippen molar-refractivity contribution in [2.75, 3.05) is 0 Å². The fourth-order valence-corrected chi connectivity index (χ4v) is 1.47. The third-order valence-corrected chi connectivity index (χ3v) is 2.36. The van der Waals surface area contributed by atoms with Gasteiger partial charge in [0.25, 0.3) is 5.69 Å². The maximum absolute atomic E-state index is 11.2. The summed E-state index contributed by atoms with van der Waals surface area (Å²) in [5, 5.41) is 13.7. The highest BCUT2D eigenvalue weighted by Crippen LogP contribution is 2.22. The van der Waals surface area contributed by atoms with Crippen LogP contribution < -0.4 is 5.32 Å². The minimum absolute atomic E-state index is 0.0903. The van der Waals surface area contributed by atoms with Gasteiger partial charge in [-0.3, -0.25) is 14.9 Å². The van der Waals surface area contributed by atoms with Gasteiger partial charge in [-0.2, -0.15) is 0 Å². The van der Waals surface area contributed by atoms with E-state index in [1.165, 1.54) is 12.1 Å². The van der Waals surface area contributed by atoms with Gasteiger partial charge in [0.1, 0.15) is 0 Å². The third kappa shape index (κ3) is 4.03. The topological polar surface area (TPSA) is 72.2 Å². The molecule has 17 heavy (non-hydrogen) atoms. The number of carbonyl (C=O) groups excluding carboxylic acids is 1. The molecule has 6 heteroatoms. The lowest BCUT2D eigenvalue weighted by Crippen LogP contribution is -2.22. The predicted molar refractivity (Wildman–Crippen MR) is 64.5 cm³/mol. The van der Waals surface area contributed by atoms with Crippen LogP contribution in [-0.4, -0.2) is 10.8 Å². The van der Waals surface area contributed by atoms with Gasteiger partial charge in [0.15, 0.2) is 0 Å². The number of carbonyl (C=O) groups is 1. The van der Waals surface area contributed by atoms with Gasteiger partial charge in [0.2, 0.25) is 5.91 Å². The number of nitrogens with one attached hydrogen (secondary N) is 1. The lowest BCUT2D eigenvalue weighted by atomic mass is 10.2. The van der Waals surface area contributed by atoms with Gasteiger partial charge in [-0.25, -0.2) is 0 Å². The van der Waals surface area contributed by atoms with Crippen molar-refractivity contribution in [3.8, 4) is 0 Å². The van der Waals surface area contributed by atoms with Crippen molar-refractivity contribution in [1.29, 1.82) is 0 Å². The molecule has 0 fully saturated rings. The summed E-state index contributed by atoms with van der Waals surface area (Å²) in [6.07, 6.45) is 0.802. The Kier molecular flexibility index (Phi) is 4.90. The number of halogens is 1. The van der Waals surface area contributed by atoms with Gasteiger partial charge in [-0.1, -0.05) is 18.5 Å². The summed E-state index contributed by atoms with van der Waals surface area (Å²) in [5.74, 6) is -0.177. The summed E-state index contributed by atoms with van der Waals surface area (Å²) in [6.45, 7) is 3.67. The molecule has 0 atom stereocenters. The zero-order chi connectivity index (χ0) is 12.8. The molecule has 0 heterocycles. The quantitative estimate of drug-likeness (QED) is 0.649. The first-order valence-electron chi connectivity index (χ1n) is 5.03. The van der Waals surface area contributed by atoms with Gasteiger partial charge < -0.3 is 5.32 Å². The van der Waals surface area contributed by atoms with Gasteiger partial charge in [-0.15, -0.1) is 0 Å². The van der Waals surface area contributed by atoms with E-state index in [-0.39, 0.29) is 18.1 Å². The molecule has 0 unspecified atom stereocenters. The Hall–Kier alpha value is -1.62. The largest absolute Gasteiger partial charge is 0.352 e. The molecule has 0 saturated heterocycles. The van der Waals surface area contributed by atoms with Crippen LogP contribution in [-0.2, 0) is 11.3 Å². The van der Waals surface area contributed by atoms with E-state index in [2.05, 4.69) is 12.2 Å². The van der Waals surface area contributed by atoms with Gasteiger partial charge in [0, 0.05) is 29.6 Å². The number of benzene rings is 1. The summed E-state index contributed by atoms with van der Waals surface area (Å²) in [6, 6.07) is 4.35. The number of hydrogen-bond acceptors (Lipinski definition) is 3. The minimum atomic E-state index is -0.519. The van der Waals surface area contributed by atoms with Gasteiger partial charge >= 0.3 is 0 Å². The molecule has 0 saturated carbocycles. The summed E-state index contributed by atoms with van der Waals surface area (Å²) < 4.78 is 0. The zero-order valence-corrected chi connectivity index (χ0v) is 9.87. The Morgan fingerprint density at radius 1 is 1.53 bits per heavy atom. The van der Waals surface area contributed by atoms with Crippen molar-refractivity contribution in [3.05, 3.63) is 45.8 Å². The summed E-state index contributed by atoms with van der Waals surface area (Å²) >= 11 is 5.67. The lowest BCUT2D eigenvalue weighted by molar-refractivity contribution is -0.385. The smallest absolute Gasteiger partial charge is 0.275 e. The van der Waals surface area contributed by atoms with E-state index in [4.69, 9.17) is 11.6 Å². The zero-order valence-electron chi connectivity index (χ0n) is 9.11. The summed E-state index contributed by atoms with van der Waals surface area (Å²) in [4.78, 5) is 21.5. The molecule has 0 aliphatic carbocycles. The molecule has 1 rings (SSSR count). The average Bonchev–Trinajstić information content (AvgIpc) is 2.27. The molecule has 0 bridgehead atoms. The average molecular weight is 256 g/mol. The highest BCUT2D eigenvalue weighted by molar-refractivity contribution is 6.30. The van der Waals surface area contributed by atoms with Crippen LogP contribution in [0, 0.1) is 17.0 Å². The molecule has 1 N–H and O–H groups in total. The van der Waals surface area contributed by atoms with Crippen molar-refractivity contribution in [2.45, 2.75) is 19.4 Å². The molecule has 0 aromatic heterocycles. The van der Waals surface area contributed by atoms with E-state index < -0.39 is 4.92 Å². The monoisotopic (exact) mass is 255 g/mol. The number of nitro groups is 1. The molecule has 0 aliphatic heterocycles.